The van der Waals surface area contributed by atoms with Gasteiger partial charge in [0.25, 0.3) is 0 Å². The van der Waals surface area contributed by atoms with Crippen LogP contribution in [0, 0.1) is 0 Å². The Balaban J connectivity index is 2.44. The van der Waals surface area contributed by atoms with Crippen molar-refractivity contribution in [1.82, 2.24) is 5.32 Å². The van der Waals surface area contributed by atoms with Gasteiger partial charge in [-0.05, 0) is 39.3 Å². The van der Waals surface area contributed by atoms with Gasteiger partial charge in [0.1, 0.15) is 0 Å². The molecule has 0 radical (unpaired) electrons. The van der Waals surface area contributed by atoms with Gasteiger partial charge in [-0.3, -0.25) is 0 Å². The van der Waals surface area contributed by atoms with E-state index in [0.29, 0.717) is 13.2 Å². The zero-order valence-electron chi connectivity index (χ0n) is 14.7. The van der Waals surface area contributed by atoms with Crippen molar-refractivity contribution in [3.63, 3.8) is 0 Å². The fraction of sp³-hybridized carbons (Fsp3) is 0.556. The van der Waals surface area contributed by atoms with E-state index < -0.39 is 8.80 Å². The average Bonchev–Trinajstić information content (AvgIpc) is 2.56. The van der Waals surface area contributed by atoms with Crippen molar-refractivity contribution in [3.8, 4) is 0 Å². The van der Waals surface area contributed by atoms with Crippen molar-refractivity contribution < 1.29 is 13.3 Å². The Bertz CT molecular complexity index is 422. The van der Waals surface area contributed by atoms with Crippen LogP contribution in [0.4, 0.5) is 0 Å². The van der Waals surface area contributed by atoms with Crippen LogP contribution in [0.5, 0.6) is 0 Å². The molecule has 0 heterocycles. The van der Waals surface area contributed by atoms with E-state index in [1.54, 1.807) is 6.08 Å². The minimum absolute atomic E-state index is 0.0583. The van der Waals surface area contributed by atoms with Crippen LogP contribution >= 0.6 is 0 Å². The van der Waals surface area contributed by atoms with Crippen molar-refractivity contribution in [2.75, 3.05) is 19.8 Å². The van der Waals surface area contributed by atoms with Gasteiger partial charge < -0.3 is 18.6 Å². The van der Waals surface area contributed by atoms with Crippen molar-refractivity contribution in [2.45, 2.75) is 45.9 Å². The van der Waals surface area contributed by atoms with Crippen LogP contribution in [0.3, 0.4) is 0 Å². The maximum absolute atomic E-state index is 6.08. The fourth-order valence-electron chi connectivity index (χ4n) is 2.34. The van der Waals surface area contributed by atoms with Crippen LogP contribution in [0.1, 0.15) is 32.8 Å². The first-order valence-corrected chi connectivity index (χ1v) is 10.4. The number of hydrogen-bond donors (Lipinski definition) is 1. The predicted molar refractivity (Wildman–Crippen MR) is 97.3 cm³/mol. The number of rotatable bonds is 13. The molecule has 0 saturated heterocycles. The van der Waals surface area contributed by atoms with Gasteiger partial charge in [0, 0.05) is 25.8 Å². The first-order chi connectivity index (χ1) is 11.2. The van der Waals surface area contributed by atoms with Crippen LogP contribution < -0.4 is 5.32 Å². The van der Waals surface area contributed by atoms with E-state index in [-0.39, 0.29) is 6.10 Å². The summed E-state index contributed by atoms with van der Waals surface area (Å²) in [6.07, 6.45) is 2.69. The third-order valence-electron chi connectivity index (χ3n) is 3.43. The molecular weight excluding hydrogens is 306 g/mol. The molecule has 1 atom stereocenters. The highest BCUT2D eigenvalue weighted by atomic mass is 28.4. The summed E-state index contributed by atoms with van der Waals surface area (Å²) in [6.45, 7) is 12.7. The zero-order valence-corrected chi connectivity index (χ0v) is 15.7. The lowest BCUT2D eigenvalue weighted by Gasteiger charge is -2.31. The van der Waals surface area contributed by atoms with Gasteiger partial charge in [-0.15, -0.1) is 6.58 Å². The van der Waals surface area contributed by atoms with Crippen molar-refractivity contribution in [2.24, 2.45) is 0 Å². The lowest BCUT2D eigenvalue weighted by Crippen LogP contribution is -2.48. The Labute approximate surface area is 142 Å². The number of hydrogen-bond acceptors (Lipinski definition) is 4. The second-order valence-electron chi connectivity index (χ2n) is 5.37. The van der Waals surface area contributed by atoms with E-state index in [2.05, 4.69) is 36.2 Å². The highest BCUT2D eigenvalue weighted by Gasteiger charge is 2.41. The monoisotopic (exact) mass is 337 g/mol. The molecule has 1 rings (SSSR count). The molecule has 1 aromatic carbocycles. The SMILES string of the molecule is C=CC(C)O[Si](CCCNCc1ccccc1)(OCC)OCC. The molecule has 0 aliphatic carbocycles. The van der Waals surface area contributed by atoms with Gasteiger partial charge in [-0.2, -0.15) is 0 Å². The third kappa shape index (κ3) is 7.90. The quantitative estimate of drug-likeness (QED) is 0.338. The van der Waals surface area contributed by atoms with Crippen molar-refractivity contribution in [3.05, 3.63) is 48.6 Å². The summed E-state index contributed by atoms with van der Waals surface area (Å²) in [5.74, 6) is 0. The summed E-state index contributed by atoms with van der Waals surface area (Å²) in [4.78, 5) is 0. The maximum atomic E-state index is 6.08. The molecule has 1 N–H and O–H groups in total. The standard InChI is InChI=1S/C18H31NO3Si/c1-5-17(4)22-23(20-6-2,21-7-3)15-11-14-19-16-18-12-9-8-10-13-18/h5,8-10,12-13,17,19H,1,6-7,11,14-16H2,2-4H3. The molecule has 0 aliphatic rings. The minimum Gasteiger partial charge on any atom is -0.374 e. The first kappa shape index (κ1) is 20.1. The molecule has 0 spiro atoms. The second kappa shape index (κ2) is 11.5. The molecule has 0 aromatic heterocycles. The van der Waals surface area contributed by atoms with E-state index in [1.165, 1.54) is 5.56 Å². The van der Waals surface area contributed by atoms with Gasteiger partial charge in [-0.25, -0.2) is 0 Å². The molecule has 0 amide bonds. The highest BCUT2D eigenvalue weighted by molar-refractivity contribution is 6.60. The molecular formula is C18H31NO3Si. The molecule has 0 bridgehead atoms. The summed E-state index contributed by atoms with van der Waals surface area (Å²) in [5.41, 5.74) is 1.29. The van der Waals surface area contributed by atoms with Gasteiger partial charge in [-0.1, -0.05) is 36.4 Å². The van der Waals surface area contributed by atoms with E-state index >= 15 is 0 Å². The van der Waals surface area contributed by atoms with Crippen molar-refractivity contribution >= 4 is 8.80 Å². The largest absolute Gasteiger partial charge is 0.501 e. The van der Waals surface area contributed by atoms with E-state index in [9.17, 15) is 0 Å². The molecule has 0 aliphatic heterocycles. The molecule has 0 saturated carbocycles. The van der Waals surface area contributed by atoms with Gasteiger partial charge >= 0.3 is 8.80 Å². The molecule has 23 heavy (non-hydrogen) atoms. The van der Waals surface area contributed by atoms with Crippen LogP contribution in [0.2, 0.25) is 6.04 Å². The Hall–Kier alpha value is -0.983. The van der Waals surface area contributed by atoms with Crippen LogP contribution in [-0.4, -0.2) is 34.7 Å². The van der Waals surface area contributed by atoms with E-state index in [4.69, 9.17) is 13.3 Å². The molecule has 4 nitrogen and oxygen atoms in total. The molecule has 1 unspecified atom stereocenters. The maximum Gasteiger partial charge on any atom is 0.501 e. The fourth-order valence-corrected chi connectivity index (χ4v) is 5.12. The van der Waals surface area contributed by atoms with Gasteiger partial charge in [0.15, 0.2) is 0 Å². The van der Waals surface area contributed by atoms with Crippen LogP contribution in [0.15, 0.2) is 43.0 Å². The summed E-state index contributed by atoms with van der Waals surface area (Å²) >= 11 is 0. The highest BCUT2D eigenvalue weighted by Crippen LogP contribution is 2.20. The topological polar surface area (TPSA) is 39.7 Å². The van der Waals surface area contributed by atoms with Gasteiger partial charge in [0.05, 0.1) is 6.10 Å². The zero-order chi connectivity index (χ0) is 17.0. The Kier molecular flexibility index (Phi) is 10.1. The minimum atomic E-state index is -2.62. The Morgan fingerprint density at radius 1 is 1.17 bits per heavy atom. The summed E-state index contributed by atoms with van der Waals surface area (Å²) in [5, 5.41) is 3.46. The lowest BCUT2D eigenvalue weighted by molar-refractivity contribution is 0.0520. The Morgan fingerprint density at radius 3 is 2.39 bits per heavy atom. The predicted octanol–water partition coefficient (Wildman–Crippen LogP) is 3.77. The van der Waals surface area contributed by atoms with Crippen LogP contribution in [0.25, 0.3) is 0 Å². The Morgan fingerprint density at radius 2 is 1.83 bits per heavy atom. The summed E-state index contributed by atoms with van der Waals surface area (Å²) in [6, 6.07) is 11.2. The van der Waals surface area contributed by atoms with Crippen LogP contribution in [-0.2, 0) is 19.8 Å². The van der Waals surface area contributed by atoms with Crippen molar-refractivity contribution in [1.29, 1.82) is 0 Å². The average molecular weight is 338 g/mol. The van der Waals surface area contributed by atoms with Gasteiger partial charge in [0.2, 0.25) is 0 Å². The van der Waals surface area contributed by atoms with E-state index in [1.807, 2.05) is 26.8 Å². The lowest BCUT2D eigenvalue weighted by atomic mass is 10.2. The number of benzene rings is 1. The summed E-state index contributed by atoms with van der Waals surface area (Å²) in [7, 11) is -2.62. The van der Waals surface area contributed by atoms with E-state index in [0.717, 1.165) is 25.6 Å². The molecule has 130 valence electrons. The third-order valence-corrected chi connectivity index (χ3v) is 6.59. The molecule has 1 aromatic rings. The number of nitrogens with one attached hydrogen (secondary N) is 1. The molecule has 5 heteroatoms. The normalized spacial score (nSPS) is 13.0. The molecule has 0 fully saturated rings. The smallest absolute Gasteiger partial charge is 0.374 e. The second-order valence-corrected chi connectivity index (χ2v) is 8.05. The summed E-state index contributed by atoms with van der Waals surface area (Å²) < 4.78 is 17.9. The first-order valence-electron chi connectivity index (χ1n) is 8.48.